The van der Waals surface area contributed by atoms with Gasteiger partial charge in [-0.15, -0.1) is 11.3 Å². The second-order valence-corrected chi connectivity index (χ2v) is 9.85. The minimum Gasteiger partial charge on any atom is -0.352 e. The van der Waals surface area contributed by atoms with E-state index in [1.54, 1.807) is 11.3 Å². The predicted molar refractivity (Wildman–Crippen MR) is 105 cm³/mol. The Hall–Kier alpha value is -1.68. The van der Waals surface area contributed by atoms with Gasteiger partial charge in [-0.2, -0.15) is 0 Å². The fraction of sp³-hybridized carbons (Fsp3) is 0.545. The van der Waals surface area contributed by atoms with Crippen LogP contribution in [0.3, 0.4) is 0 Å². The summed E-state index contributed by atoms with van der Waals surface area (Å²) in [6, 6.07) is 8.23. The number of rotatable bonds is 5. The lowest BCUT2D eigenvalue weighted by Gasteiger charge is -2.56. The molecular formula is C22H26N2OS. The van der Waals surface area contributed by atoms with Gasteiger partial charge in [-0.3, -0.25) is 9.78 Å². The average Bonchev–Trinajstić information content (AvgIpc) is 3.13. The maximum absolute atomic E-state index is 12.7. The van der Waals surface area contributed by atoms with Gasteiger partial charge < -0.3 is 5.32 Å². The number of carbonyl (C=O) groups excluding carboxylic acids is 1. The van der Waals surface area contributed by atoms with E-state index < -0.39 is 0 Å². The first kappa shape index (κ1) is 16.5. The highest BCUT2D eigenvalue weighted by molar-refractivity contribution is 7.13. The summed E-state index contributed by atoms with van der Waals surface area (Å²) >= 11 is 1.70. The molecule has 0 aliphatic heterocycles. The molecule has 0 aromatic carbocycles. The zero-order valence-corrected chi connectivity index (χ0v) is 15.9. The van der Waals surface area contributed by atoms with Gasteiger partial charge in [0.2, 0.25) is 5.91 Å². The summed E-state index contributed by atoms with van der Waals surface area (Å²) in [6.07, 6.45) is 10.8. The van der Waals surface area contributed by atoms with Crippen molar-refractivity contribution >= 4 is 17.2 Å². The van der Waals surface area contributed by atoms with E-state index in [0.717, 1.165) is 35.4 Å². The Labute approximate surface area is 159 Å². The zero-order valence-electron chi connectivity index (χ0n) is 15.1. The minimum atomic E-state index is 0.237. The summed E-state index contributed by atoms with van der Waals surface area (Å²) in [5, 5.41) is 5.25. The first-order valence-electron chi connectivity index (χ1n) is 9.93. The van der Waals surface area contributed by atoms with Gasteiger partial charge >= 0.3 is 0 Å². The van der Waals surface area contributed by atoms with Crippen LogP contribution in [-0.2, 0) is 11.3 Å². The molecule has 0 radical (unpaired) electrons. The molecule has 4 fully saturated rings. The number of nitrogens with one attached hydrogen (secondary N) is 1. The zero-order chi connectivity index (χ0) is 17.6. The van der Waals surface area contributed by atoms with E-state index in [2.05, 4.69) is 27.8 Å². The number of aromatic nitrogens is 1. The molecule has 0 unspecified atom stereocenters. The Morgan fingerprint density at radius 1 is 1.15 bits per heavy atom. The van der Waals surface area contributed by atoms with Crippen LogP contribution < -0.4 is 5.32 Å². The maximum Gasteiger partial charge on any atom is 0.220 e. The summed E-state index contributed by atoms with van der Waals surface area (Å²) in [4.78, 5) is 18.3. The van der Waals surface area contributed by atoms with E-state index in [1.165, 1.54) is 43.4 Å². The topological polar surface area (TPSA) is 42.0 Å². The van der Waals surface area contributed by atoms with Crippen molar-refractivity contribution in [2.45, 2.75) is 51.5 Å². The fourth-order valence-electron chi connectivity index (χ4n) is 6.25. The van der Waals surface area contributed by atoms with Crippen LogP contribution in [0.25, 0.3) is 10.6 Å². The summed E-state index contributed by atoms with van der Waals surface area (Å²) in [7, 11) is 0. The number of amides is 1. The Morgan fingerprint density at radius 2 is 1.88 bits per heavy atom. The van der Waals surface area contributed by atoms with Crippen molar-refractivity contribution < 1.29 is 4.79 Å². The minimum absolute atomic E-state index is 0.237. The molecule has 26 heavy (non-hydrogen) atoms. The lowest BCUT2D eigenvalue weighted by atomic mass is 9.49. The molecule has 4 aliphatic carbocycles. The SMILES string of the molecule is O=C(CC12CC3CC(CC(C3)C1)C2)NCc1ccnc(-c2cccs2)c1. The van der Waals surface area contributed by atoms with Gasteiger partial charge in [-0.1, -0.05) is 6.07 Å². The number of thiophene rings is 1. The largest absolute Gasteiger partial charge is 0.352 e. The van der Waals surface area contributed by atoms with E-state index in [9.17, 15) is 4.79 Å². The predicted octanol–water partition coefficient (Wildman–Crippen LogP) is 5.03. The standard InChI is InChI=1S/C22H26N2OS/c25-21(13-22-10-16-6-17(11-22)8-18(7-16)12-22)24-14-15-3-4-23-19(9-15)20-2-1-5-26-20/h1-5,9,16-18H,6-8,10-14H2,(H,24,25). The van der Waals surface area contributed by atoms with Gasteiger partial charge in [0.05, 0.1) is 10.6 Å². The molecule has 6 rings (SSSR count). The van der Waals surface area contributed by atoms with Gasteiger partial charge in [0, 0.05) is 19.2 Å². The van der Waals surface area contributed by atoms with Gasteiger partial charge in [0.1, 0.15) is 0 Å². The molecule has 0 saturated heterocycles. The van der Waals surface area contributed by atoms with E-state index in [1.807, 2.05) is 18.3 Å². The number of nitrogens with zero attached hydrogens (tertiary/aromatic N) is 1. The van der Waals surface area contributed by atoms with Crippen LogP contribution in [0.2, 0.25) is 0 Å². The molecule has 136 valence electrons. The Bertz CT molecular complexity index is 763. The highest BCUT2D eigenvalue weighted by Gasteiger charge is 2.51. The molecule has 2 aromatic rings. The third kappa shape index (κ3) is 3.20. The molecule has 3 nitrogen and oxygen atoms in total. The van der Waals surface area contributed by atoms with Crippen molar-refractivity contribution in [3.8, 4) is 10.6 Å². The van der Waals surface area contributed by atoms with E-state index in [4.69, 9.17) is 0 Å². The van der Waals surface area contributed by atoms with Gasteiger partial charge in [0.15, 0.2) is 0 Å². The van der Waals surface area contributed by atoms with Crippen LogP contribution in [0.1, 0.15) is 50.5 Å². The summed E-state index contributed by atoms with van der Waals surface area (Å²) < 4.78 is 0. The maximum atomic E-state index is 12.7. The van der Waals surface area contributed by atoms with Crippen LogP contribution in [0, 0.1) is 23.2 Å². The molecular weight excluding hydrogens is 340 g/mol. The molecule has 1 N–H and O–H groups in total. The monoisotopic (exact) mass is 366 g/mol. The number of pyridine rings is 1. The average molecular weight is 367 g/mol. The molecule has 2 heterocycles. The van der Waals surface area contributed by atoms with Crippen molar-refractivity contribution in [2.75, 3.05) is 0 Å². The van der Waals surface area contributed by atoms with Gasteiger partial charge in [-0.05, 0) is 90.8 Å². The Morgan fingerprint density at radius 3 is 2.54 bits per heavy atom. The van der Waals surface area contributed by atoms with Crippen LogP contribution in [0.5, 0.6) is 0 Å². The molecule has 4 heteroatoms. The van der Waals surface area contributed by atoms with Crippen molar-refractivity contribution in [3.63, 3.8) is 0 Å². The van der Waals surface area contributed by atoms with Gasteiger partial charge in [-0.25, -0.2) is 0 Å². The smallest absolute Gasteiger partial charge is 0.220 e. The van der Waals surface area contributed by atoms with Crippen LogP contribution >= 0.6 is 11.3 Å². The second-order valence-electron chi connectivity index (χ2n) is 8.90. The molecule has 4 bridgehead atoms. The van der Waals surface area contributed by atoms with E-state index in [0.29, 0.717) is 12.0 Å². The first-order valence-corrected chi connectivity index (χ1v) is 10.8. The molecule has 0 spiro atoms. The van der Waals surface area contributed by atoms with Crippen molar-refractivity contribution in [1.29, 1.82) is 0 Å². The second kappa shape index (κ2) is 6.49. The third-order valence-corrected chi connectivity index (χ3v) is 7.68. The Balaban J connectivity index is 1.21. The molecule has 4 saturated carbocycles. The van der Waals surface area contributed by atoms with Crippen molar-refractivity contribution in [3.05, 3.63) is 41.4 Å². The molecule has 1 amide bonds. The molecule has 2 aromatic heterocycles. The normalized spacial score (nSPS) is 31.9. The van der Waals surface area contributed by atoms with Crippen LogP contribution in [0.4, 0.5) is 0 Å². The Kier molecular flexibility index (Phi) is 4.11. The third-order valence-electron chi connectivity index (χ3n) is 6.79. The summed E-state index contributed by atoms with van der Waals surface area (Å²) in [5.41, 5.74) is 2.44. The highest BCUT2D eigenvalue weighted by Crippen LogP contribution is 2.61. The summed E-state index contributed by atoms with van der Waals surface area (Å²) in [6.45, 7) is 0.603. The highest BCUT2D eigenvalue weighted by atomic mass is 32.1. The van der Waals surface area contributed by atoms with E-state index >= 15 is 0 Å². The number of hydrogen-bond acceptors (Lipinski definition) is 3. The lowest BCUT2D eigenvalue weighted by molar-refractivity contribution is -0.129. The van der Waals surface area contributed by atoms with Gasteiger partial charge in [0.25, 0.3) is 0 Å². The van der Waals surface area contributed by atoms with Crippen LogP contribution in [-0.4, -0.2) is 10.9 Å². The molecule has 4 aliphatic rings. The number of carbonyl (C=O) groups is 1. The lowest BCUT2D eigenvalue weighted by Crippen LogP contribution is -2.47. The van der Waals surface area contributed by atoms with Crippen molar-refractivity contribution in [1.82, 2.24) is 10.3 Å². The van der Waals surface area contributed by atoms with E-state index in [-0.39, 0.29) is 5.91 Å². The molecule has 0 atom stereocenters. The quantitative estimate of drug-likeness (QED) is 0.806. The van der Waals surface area contributed by atoms with Crippen LogP contribution in [0.15, 0.2) is 35.8 Å². The number of hydrogen-bond donors (Lipinski definition) is 1. The van der Waals surface area contributed by atoms with Crippen molar-refractivity contribution in [2.24, 2.45) is 23.2 Å². The summed E-state index contributed by atoms with van der Waals surface area (Å²) in [5.74, 6) is 2.95. The fourth-order valence-corrected chi connectivity index (χ4v) is 6.95. The first-order chi connectivity index (χ1) is 12.7.